The van der Waals surface area contributed by atoms with E-state index in [4.69, 9.17) is 21.1 Å². The Kier molecular flexibility index (Phi) is 4.04. The number of anilines is 2. The van der Waals surface area contributed by atoms with Crippen LogP contribution in [0.4, 0.5) is 11.5 Å². The highest BCUT2D eigenvalue weighted by molar-refractivity contribution is 7.17. The van der Waals surface area contributed by atoms with Gasteiger partial charge < -0.3 is 14.4 Å². The molecule has 2 heterocycles. The highest BCUT2D eigenvalue weighted by Crippen LogP contribution is 2.36. The summed E-state index contributed by atoms with van der Waals surface area (Å²) in [4.78, 5) is 10.5. The minimum Gasteiger partial charge on any atom is -0.497 e. The standard InChI is InChI=1S/C15H14ClN3O2S/c1-19(9-6-10(20-2)8-11(7-9)21-3)14-13-12(4-5-22-13)17-15(16)18-14/h4-8H,1-3H3. The van der Waals surface area contributed by atoms with Crippen LogP contribution in [0.3, 0.4) is 0 Å². The zero-order valence-electron chi connectivity index (χ0n) is 12.3. The van der Waals surface area contributed by atoms with Gasteiger partial charge in [0, 0.05) is 30.9 Å². The SMILES string of the molecule is COc1cc(OC)cc(N(C)c2nc(Cl)nc3ccsc23)c1. The van der Waals surface area contributed by atoms with Gasteiger partial charge in [-0.2, -0.15) is 4.98 Å². The van der Waals surface area contributed by atoms with Crippen molar-refractivity contribution in [3.63, 3.8) is 0 Å². The average molecular weight is 336 g/mol. The number of rotatable bonds is 4. The van der Waals surface area contributed by atoms with Crippen LogP contribution in [0.15, 0.2) is 29.6 Å². The van der Waals surface area contributed by atoms with E-state index < -0.39 is 0 Å². The third kappa shape index (κ3) is 2.67. The Hall–Kier alpha value is -2.05. The van der Waals surface area contributed by atoms with Gasteiger partial charge in [-0.1, -0.05) is 0 Å². The molecule has 3 rings (SSSR count). The molecule has 5 nitrogen and oxygen atoms in total. The largest absolute Gasteiger partial charge is 0.497 e. The van der Waals surface area contributed by atoms with Crippen LogP contribution in [-0.4, -0.2) is 31.2 Å². The number of benzene rings is 1. The molecule has 1 aromatic carbocycles. The number of hydrogen-bond acceptors (Lipinski definition) is 6. The van der Waals surface area contributed by atoms with Gasteiger partial charge in [0.25, 0.3) is 0 Å². The predicted molar refractivity (Wildman–Crippen MR) is 90.0 cm³/mol. The summed E-state index contributed by atoms with van der Waals surface area (Å²) in [5.74, 6) is 2.17. The van der Waals surface area contributed by atoms with Crippen molar-refractivity contribution < 1.29 is 9.47 Å². The lowest BCUT2D eigenvalue weighted by atomic mass is 10.2. The molecule has 2 aromatic heterocycles. The number of nitrogens with zero attached hydrogens (tertiary/aromatic N) is 3. The van der Waals surface area contributed by atoms with Crippen molar-refractivity contribution in [2.24, 2.45) is 0 Å². The van der Waals surface area contributed by atoms with Crippen molar-refractivity contribution in [1.29, 1.82) is 0 Å². The molecule has 0 radical (unpaired) electrons. The van der Waals surface area contributed by atoms with E-state index in [1.54, 1.807) is 25.6 Å². The van der Waals surface area contributed by atoms with Crippen molar-refractivity contribution in [1.82, 2.24) is 9.97 Å². The third-order valence-electron chi connectivity index (χ3n) is 3.30. The first-order valence-corrected chi connectivity index (χ1v) is 7.75. The monoisotopic (exact) mass is 335 g/mol. The maximum atomic E-state index is 6.04. The first-order valence-electron chi connectivity index (χ1n) is 6.50. The number of ether oxygens (including phenoxy) is 2. The molecule has 0 saturated heterocycles. The van der Waals surface area contributed by atoms with E-state index in [1.165, 1.54) is 0 Å². The lowest BCUT2D eigenvalue weighted by Gasteiger charge is -2.20. The predicted octanol–water partition coefficient (Wildman–Crippen LogP) is 4.13. The average Bonchev–Trinajstić information content (AvgIpc) is 3.00. The number of aromatic nitrogens is 2. The minimum atomic E-state index is 0.225. The molecular formula is C15H14ClN3O2S. The summed E-state index contributed by atoms with van der Waals surface area (Å²) in [6.07, 6.45) is 0. The number of hydrogen-bond donors (Lipinski definition) is 0. The van der Waals surface area contributed by atoms with Gasteiger partial charge in [-0.3, -0.25) is 0 Å². The van der Waals surface area contributed by atoms with E-state index >= 15 is 0 Å². The number of thiophene rings is 1. The third-order valence-corrected chi connectivity index (χ3v) is 4.37. The second kappa shape index (κ2) is 5.98. The van der Waals surface area contributed by atoms with Gasteiger partial charge in [-0.05, 0) is 23.0 Å². The summed E-state index contributed by atoms with van der Waals surface area (Å²) in [7, 11) is 5.17. The molecule has 22 heavy (non-hydrogen) atoms. The van der Waals surface area contributed by atoms with E-state index in [0.29, 0.717) is 11.5 Å². The molecule has 0 spiro atoms. The van der Waals surface area contributed by atoms with Crippen LogP contribution < -0.4 is 14.4 Å². The van der Waals surface area contributed by atoms with E-state index in [0.717, 1.165) is 21.7 Å². The molecule has 0 unspecified atom stereocenters. The first-order chi connectivity index (χ1) is 10.6. The van der Waals surface area contributed by atoms with Crippen molar-refractivity contribution >= 4 is 44.7 Å². The van der Waals surface area contributed by atoms with Crippen molar-refractivity contribution in [3.05, 3.63) is 34.9 Å². The van der Waals surface area contributed by atoms with Gasteiger partial charge in [0.05, 0.1) is 24.4 Å². The Morgan fingerprint density at radius 2 is 1.77 bits per heavy atom. The summed E-state index contributed by atoms with van der Waals surface area (Å²) in [6.45, 7) is 0. The molecular weight excluding hydrogens is 322 g/mol. The highest BCUT2D eigenvalue weighted by Gasteiger charge is 2.15. The van der Waals surface area contributed by atoms with Crippen LogP contribution >= 0.6 is 22.9 Å². The normalized spacial score (nSPS) is 10.7. The van der Waals surface area contributed by atoms with Crippen molar-refractivity contribution in [3.8, 4) is 11.5 Å². The van der Waals surface area contributed by atoms with Gasteiger partial charge in [-0.25, -0.2) is 4.98 Å². The topological polar surface area (TPSA) is 47.5 Å². The molecule has 3 aromatic rings. The second-order valence-electron chi connectivity index (χ2n) is 4.58. The lowest BCUT2D eigenvalue weighted by Crippen LogP contribution is -2.12. The Bertz CT molecular complexity index is 799. The molecule has 0 bridgehead atoms. The summed E-state index contributed by atoms with van der Waals surface area (Å²) in [5, 5.41) is 2.20. The second-order valence-corrected chi connectivity index (χ2v) is 5.84. The molecule has 7 heteroatoms. The molecule has 0 fully saturated rings. The molecule has 0 aliphatic rings. The van der Waals surface area contributed by atoms with Gasteiger partial charge in [0.2, 0.25) is 5.28 Å². The Labute approximate surface area is 137 Å². The van der Waals surface area contributed by atoms with Gasteiger partial charge in [-0.15, -0.1) is 11.3 Å². The van der Waals surface area contributed by atoms with Gasteiger partial charge in [0.1, 0.15) is 11.5 Å². The maximum absolute atomic E-state index is 6.04. The maximum Gasteiger partial charge on any atom is 0.224 e. The summed E-state index contributed by atoms with van der Waals surface area (Å²) < 4.78 is 11.6. The lowest BCUT2D eigenvalue weighted by molar-refractivity contribution is 0.394. The fraction of sp³-hybridized carbons (Fsp3) is 0.200. The highest BCUT2D eigenvalue weighted by atomic mass is 35.5. The Morgan fingerprint density at radius 1 is 1.09 bits per heavy atom. The van der Waals surface area contributed by atoms with Crippen LogP contribution in [0.2, 0.25) is 5.28 Å². The molecule has 0 N–H and O–H groups in total. The van der Waals surface area contributed by atoms with Crippen LogP contribution in [-0.2, 0) is 0 Å². The number of halogens is 1. The zero-order valence-corrected chi connectivity index (χ0v) is 13.9. The number of methoxy groups -OCH3 is 2. The Morgan fingerprint density at radius 3 is 2.41 bits per heavy atom. The van der Waals surface area contributed by atoms with Crippen molar-refractivity contribution in [2.45, 2.75) is 0 Å². The summed E-state index contributed by atoms with van der Waals surface area (Å²) >= 11 is 7.61. The van der Waals surface area contributed by atoms with Crippen LogP contribution in [0.25, 0.3) is 10.2 Å². The smallest absolute Gasteiger partial charge is 0.224 e. The van der Waals surface area contributed by atoms with Crippen molar-refractivity contribution in [2.75, 3.05) is 26.2 Å². The fourth-order valence-corrected chi connectivity index (χ4v) is 3.18. The van der Waals surface area contributed by atoms with E-state index in [2.05, 4.69) is 9.97 Å². The summed E-state index contributed by atoms with van der Waals surface area (Å²) in [6, 6.07) is 7.58. The molecule has 0 aliphatic carbocycles. The summed E-state index contributed by atoms with van der Waals surface area (Å²) in [5.41, 5.74) is 1.72. The molecule has 114 valence electrons. The van der Waals surface area contributed by atoms with Crippen LogP contribution in [0, 0.1) is 0 Å². The van der Waals surface area contributed by atoms with Gasteiger partial charge >= 0.3 is 0 Å². The molecule has 0 atom stereocenters. The Balaban J connectivity index is 2.13. The first kappa shape index (κ1) is 14.9. The molecule has 0 aliphatic heterocycles. The number of fused-ring (bicyclic) bond motifs is 1. The molecule has 0 amide bonds. The minimum absolute atomic E-state index is 0.225. The van der Waals surface area contributed by atoms with Crippen LogP contribution in [0.5, 0.6) is 11.5 Å². The fourth-order valence-electron chi connectivity index (χ4n) is 2.16. The zero-order chi connectivity index (χ0) is 15.7. The van der Waals surface area contributed by atoms with Crippen LogP contribution in [0.1, 0.15) is 0 Å². The van der Waals surface area contributed by atoms with E-state index in [9.17, 15) is 0 Å². The van der Waals surface area contributed by atoms with E-state index in [-0.39, 0.29) is 5.28 Å². The van der Waals surface area contributed by atoms with E-state index in [1.807, 2.05) is 41.6 Å². The quantitative estimate of drug-likeness (QED) is 0.671. The van der Waals surface area contributed by atoms with Gasteiger partial charge in [0.15, 0.2) is 5.82 Å². The molecule has 0 saturated carbocycles.